The van der Waals surface area contributed by atoms with Crippen molar-refractivity contribution in [3.63, 3.8) is 0 Å². The van der Waals surface area contributed by atoms with Crippen LogP contribution in [0.4, 0.5) is 17.7 Å². The molecule has 376 valence electrons. The molecule has 2 N–H and O–H groups in total. The second-order valence-corrected chi connectivity index (χ2v) is 20.9. The van der Waals surface area contributed by atoms with Crippen LogP contribution >= 0.6 is 0 Å². The van der Waals surface area contributed by atoms with Gasteiger partial charge in [-0.05, 0) is 138 Å². The third-order valence-electron chi connectivity index (χ3n) is 16.7. The van der Waals surface area contributed by atoms with E-state index in [2.05, 4.69) is 36.4 Å². The van der Waals surface area contributed by atoms with Gasteiger partial charge >= 0.3 is 0 Å². The first-order valence-corrected chi connectivity index (χ1v) is 26.4. The fraction of sp³-hybridized carbons (Fsp3) is 0.519. The molecule has 6 fully saturated rings. The van der Waals surface area contributed by atoms with E-state index in [1.807, 2.05) is 77.8 Å². The van der Waals surface area contributed by atoms with Crippen LogP contribution in [0.2, 0.25) is 0 Å². The van der Waals surface area contributed by atoms with E-state index in [1.54, 1.807) is 9.03 Å². The summed E-state index contributed by atoms with van der Waals surface area (Å²) in [5.74, 6) is 2.24. The Labute approximate surface area is 419 Å². The number of piperidine rings is 2. The molecule has 12 rings (SSSR count). The van der Waals surface area contributed by atoms with Crippen molar-refractivity contribution >= 4 is 46.7 Å². The van der Waals surface area contributed by atoms with Crippen LogP contribution in [0.1, 0.15) is 74.6 Å². The van der Waals surface area contributed by atoms with Crippen molar-refractivity contribution < 1.29 is 23.9 Å². The first-order valence-electron chi connectivity index (χ1n) is 26.4. The average Bonchev–Trinajstić information content (AvgIpc) is 4.35. The Morgan fingerprint density at radius 1 is 0.583 bits per heavy atom. The van der Waals surface area contributed by atoms with Gasteiger partial charge in [0.2, 0.25) is 23.7 Å². The number of nitrogens with zero attached hydrogens (tertiary/aromatic N) is 11. The minimum absolute atomic E-state index is 0.0590. The van der Waals surface area contributed by atoms with Gasteiger partial charge < -0.3 is 19.3 Å². The topological polar surface area (TPSA) is 180 Å². The van der Waals surface area contributed by atoms with Crippen molar-refractivity contribution in [3.8, 4) is 22.5 Å². The van der Waals surface area contributed by atoms with Crippen molar-refractivity contribution in [2.75, 3.05) is 107 Å². The lowest BCUT2D eigenvalue weighted by atomic mass is 9.83. The number of likely N-dealkylation sites (tertiary alicyclic amines) is 1. The second-order valence-electron chi connectivity index (χ2n) is 20.9. The van der Waals surface area contributed by atoms with Gasteiger partial charge in [-0.15, -0.1) is 10.2 Å². The Hall–Kier alpha value is -6.34. The molecule has 4 aliphatic heterocycles. The number of morpholine rings is 2. The monoisotopic (exact) mass is 976 g/mol. The lowest BCUT2D eigenvalue weighted by Crippen LogP contribution is -2.40. The number of rotatable bonds is 15. The number of amides is 3. The zero-order valence-electron chi connectivity index (χ0n) is 41.1. The van der Waals surface area contributed by atoms with Crippen LogP contribution in [0.3, 0.4) is 0 Å². The Kier molecular flexibility index (Phi) is 12.9. The number of carbonyl (C=O) groups is 3. The molecule has 18 nitrogen and oxygen atoms in total. The Bertz CT molecular complexity index is 2920. The van der Waals surface area contributed by atoms with Crippen molar-refractivity contribution in [3.05, 3.63) is 84.6 Å². The minimum Gasteiger partial charge on any atom is -0.379 e. The fourth-order valence-electron chi connectivity index (χ4n) is 11.9. The highest BCUT2D eigenvalue weighted by Crippen LogP contribution is 2.71. The fourth-order valence-corrected chi connectivity index (χ4v) is 11.9. The highest BCUT2D eigenvalue weighted by atomic mass is 16.5. The summed E-state index contributed by atoms with van der Waals surface area (Å²) in [6.45, 7) is 13.2. The van der Waals surface area contributed by atoms with Crippen LogP contribution in [-0.2, 0) is 19.1 Å². The Morgan fingerprint density at radius 2 is 1.08 bits per heavy atom. The number of hydrogen-bond donors (Lipinski definition) is 2. The maximum atomic E-state index is 14.3. The predicted octanol–water partition coefficient (Wildman–Crippen LogP) is 6.15. The smallest absolute Gasteiger partial charge is 0.253 e. The highest BCUT2D eigenvalue weighted by Gasteiger charge is 2.73. The normalized spacial score (nSPS) is 20.7. The first kappa shape index (κ1) is 46.7. The summed E-state index contributed by atoms with van der Waals surface area (Å²) < 4.78 is 14.5. The van der Waals surface area contributed by atoms with E-state index >= 15 is 0 Å². The molecule has 0 radical (unpaired) electrons. The van der Waals surface area contributed by atoms with Crippen LogP contribution in [-0.4, -0.2) is 158 Å². The summed E-state index contributed by atoms with van der Waals surface area (Å²) in [4.78, 5) is 65.6. The summed E-state index contributed by atoms with van der Waals surface area (Å²) in [6.07, 6.45) is 11.0. The molecule has 2 aliphatic carbocycles. The zero-order chi connectivity index (χ0) is 48.7. The highest BCUT2D eigenvalue weighted by molar-refractivity contribution is 6.06. The average molecular weight is 976 g/mol. The summed E-state index contributed by atoms with van der Waals surface area (Å²) in [5, 5.41) is 15.5. The zero-order valence-corrected chi connectivity index (χ0v) is 41.1. The molecule has 5 aromatic heterocycles. The molecule has 0 bridgehead atoms. The number of hydrogen-bond acceptors (Lipinski definition) is 13. The van der Waals surface area contributed by atoms with Gasteiger partial charge in [0, 0.05) is 75.2 Å². The molecular weight excluding hydrogens is 911 g/mol. The van der Waals surface area contributed by atoms with Crippen LogP contribution in [0.15, 0.2) is 79.0 Å². The molecule has 1 aromatic carbocycles. The second kappa shape index (κ2) is 19.9. The summed E-state index contributed by atoms with van der Waals surface area (Å²) in [6, 6.07) is 23.3. The number of carbonyl (C=O) groups excluding carboxylic acids is 3. The Morgan fingerprint density at radius 3 is 1.60 bits per heavy atom. The quantitative estimate of drug-likeness (QED) is 0.120. The van der Waals surface area contributed by atoms with Crippen molar-refractivity contribution in [1.82, 2.24) is 48.9 Å². The molecule has 3 amide bonds. The number of anilines is 3. The minimum atomic E-state index is -0.882. The molecule has 0 spiro atoms. The Balaban J connectivity index is 0.669. The predicted molar refractivity (Wildman–Crippen MR) is 273 cm³/mol. The van der Waals surface area contributed by atoms with Crippen LogP contribution in [0, 0.1) is 22.7 Å². The van der Waals surface area contributed by atoms with E-state index in [9.17, 15) is 14.4 Å². The summed E-state index contributed by atoms with van der Waals surface area (Å²) in [7, 11) is 0. The van der Waals surface area contributed by atoms with Gasteiger partial charge in [0.1, 0.15) is 5.82 Å². The molecule has 0 unspecified atom stereocenters. The molecule has 6 aromatic rings. The van der Waals surface area contributed by atoms with E-state index in [0.717, 1.165) is 152 Å². The van der Waals surface area contributed by atoms with Crippen LogP contribution < -0.4 is 15.5 Å². The SMILES string of the molecule is O=C(c1ccc(-c2cccc3nc(NC(=O)C4(C5(C(=O)Nc6nc7cccc(-c8ccnc(N9CCC(CCN%10CCOCC%10)CC9)c8)n7n6)CC5)CC4)nn23)cc1)N1CCC(CCN2CCOCC2)CC1. The molecule has 9 heterocycles. The molecule has 18 heteroatoms. The number of aromatic nitrogens is 7. The third-order valence-corrected chi connectivity index (χ3v) is 16.7. The number of ether oxygens (including phenoxy) is 2. The van der Waals surface area contributed by atoms with Crippen molar-refractivity contribution in [2.24, 2.45) is 22.7 Å². The number of nitrogens with one attached hydrogen (secondary N) is 2. The van der Waals surface area contributed by atoms with Gasteiger partial charge in [-0.1, -0.05) is 24.3 Å². The van der Waals surface area contributed by atoms with E-state index in [-0.39, 0.29) is 29.6 Å². The standard InChI is InChI=1S/C54H65N13O5/c68-48(65-27-16-39(17-28-65)13-24-63-31-35-72-36-32-63)41-9-7-40(8-10-41)43-3-1-5-45-56-51(60-66(43)45)58-49(69)53(18-19-53)54(20-21-54)50(70)59-52-57-46-6-2-4-44(67(46)61-52)42-11-22-55-47(37-42)64-25-14-38(15-26-64)12-23-62-29-33-71-34-30-62/h1-11,22,37-39H,12-21,23-36H2,(H,58,60,69)(H,59,61,70). The van der Waals surface area contributed by atoms with E-state index < -0.39 is 10.8 Å². The molecule has 6 aliphatic rings. The van der Waals surface area contributed by atoms with Gasteiger partial charge in [-0.2, -0.15) is 9.97 Å². The number of pyridine rings is 3. The van der Waals surface area contributed by atoms with Gasteiger partial charge in [0.25, 0.3) is 5.91 Å². The van der Waals surface area contributed by atoms with E-state index in [4.69, 9.17) is 29.6 Å². The summed E-state index contributed by atoms with van der Waals surface area (Å²) in [5.41, 5.74) is 3.53. The molecule has 4 saturated heterocycles. The molecule has 0 atom stereocenters. The summed E-state index contributed by atoms with van der Waals surface area (Å²) >= 11 is 0. The van der Waals surface area contributed by atoms with Crippen molar-refractivity contribution in [1.29, 1.82) is 0 Å². The largest absolute Gasteiger partial charge is 0.379 e. The van der Waals surface area contributed by atoms with Crippen LogP contribution in [0.5, 0.6) is 0 Å². The lowest BCUT2D eigenvalue weighted by molar-refractivity contribution is -0.132. The van der Waals surface area contributed by atoms with Crippen LogP contribution in [0.25, 0.3) is 33.8 Å². The van der Waals surface area contributed by atoms with Crippen molar-refractivity contribution in [2.45, 2.75) is 64.2 Å². The first-order chi connectivity index (χ1) is 35.3. The maximum absolute atomic E-state index is 14.3. The van der Waals surface area contributed by atoms with Gasteiger partial charge in [0.15, 0.2) is 11.3 Å². The van der Waals surface area contributed by atoms with Gasteiger partial charge in [-0.25, -0.2) is 14.0 Å². The lowest BCUT2D eigenvalue weighted by Gasteiger charge is -2.34. The van der Waals surface area contributed by atoms with E-state index in [0.29, 0.717) is 48.5 Å². The number of benzene rings is 1. The maximum Gasteiger partial charge on any atom is 0.253 e. The molecular formula is C54H65N13O5. The van der Waals surface area contributed by atoms with Gasteiger partial charge in [-0.3, -0.25) is 34.8 Å². The third kappa shape index (κ3) is 9.45. The number of fused-ring (bicyclic) bond motifs is 2. The molecule has 2 saturated carbocycles. The molecule has 72 heavy (non-hydrogen) atoms. The van der Waals surface area contributed by atoms with Gasteiger partial charge in [0.05, 0.1) is 48.6 Å². The van der Waals surface area contributed by atoms with E-state index in [1.165, 1.54) is 12.8 Å².